The zero-order valence-corrected chi connectivity index (χ0v) is 81.7. The summed E-state index contributed by atoms with van der Waals surface area (Å²) in [6.07, 6.45) is 20.0. The molecule has 0 spiro atoms. The minimum absolute atomic E-state index is 0.225. The highest BCUT2D eigenvalue weighted by Crippen LogP contribution is 2.47. The molecule has 34 nitrogen and oxygen atoms in total. The molecule has 3 aliphatic rings. The van der Waals surface area contributed by atoms with Gasteiger partial charge in [-0.15, -0.1) is 0 Å². The zero-order valence-electron chi connectivity index (χ0n) is 81.7. The average Bonchev–Trinajstić information content (AvgIpc) is 1.60. The Labute approximate surface area is 824 Å². The first-order valence-electron chi connectivity index (χ1n) is 46.6. The van der Waals surface area contributed by atoms with Crippen molar-refractivity contribution in [3.8, 4) is 57.1 Å². The Kier molecular flexibility index (Phi) is 30.5. The van der Waals surface area contributed by atoms with Gasteiger partial charge in [-0.25, -0.2) is 29.9 Å². The number of aromatic nitrogens is 11. The molecule has 2 atom stereocenters. The number of aryl methyl sites for hydroxylation is 2. The number of carbonyl (C=O) groups is 5. The Morgan fingerprint density at radius 1 is 0.465 bits per heavy atom. The molecule has 0 unspecified atom stereocenters. The molecule has 5 amide bonds. The minimum Gasteiger partial charge on any atom is -0.494 e. The lowest BCUT2D eigenvalue weighted by Gasteiger charge is -2.26. The molecule has 142 heavy (non-hydrogen) atoms. The first-order chi connectivity index (χ1) is 68.8. The summed E-state index contributed by atoms with van der Waals surface area (Å²) in [5.41, 5.74) is 16.5. The number of ether oxygens (including phenoxy) is 3. The summed E-state index contributed by atoms with van der Waals surface area (Å²) in [4.78, 5) is 106. The van der Waals surface area contributed by atoms with E-state index in [4.69, 9.17) is 29.2 Å². The molecule has 3 fully saturated rings. The van der Waals surface area contributed by atoms with Gasteiger partial charge in [-0.1, -0.05) is 135 Å². The van der Waals surface area contributed by atoms with E-state index in [-0.39, 0.29) is 47.0 Å². The molecule has 0 bridgehead atoms. The summed E-state index contributed by atoms with van der Waals surface area (Å²) in [5.74, 6) is 1.94. The van der Waals surface area contributed by atoms with Gasteiger partial charge in [-0.2, -0.15) is 10.4 Å². The van der Waals surface area contributed by atoms with Crippen LogP contribution in [0.4, 0.5) is 74.7 Å². The van der Waals surface area contributed by atoms with Crippen LogP contribution >= 0.6 is 0 Å². The number of nitrogens with zero attached hydrogens (tertiary/aromatic N) is 18. The number of likely N-dealkylation sites (tertiary alicyclic amines) is 1. The van der Waals surface area contributed by atoms with Gasteiger partial charge in [0.2, 0.25) is 35.6 Å². The molecule has 726 valence electrons. The van der Waals surface area contributed by atoms with Crippen LogP contribution in [0.1, 0.15) is 56.3 Å². The Balaban J connectivity index is 0.000000154. The number of amides is 5. The monoisotopic (exact) mass is 1900 g/mol. The van der Waals surface area contributed by atoms with Crippen molar-refractivity contribution in [2.45, 2.75) is 32.0 Å². The Bertz CT molecular complexity index is 7250. The van der Waals surface area contributed by atoms with Crippen molar-refractivity contribution in [3.05, 3.63) is 285 Å². The second-order valence-corrected chi connectivity index (χ2v) is 35.8. The molecule has 18 rings (SSSR count). The lowest BCUT2D eigenvalue weighted by molar-refractivity contribution is -0.112. The van der Waals surface area contributed by atoms with Crippen molar-refractivity contribution in [1.29, 1.82) is 5.26 Å². The third-order valence-electron chi connectivity index (χ3n) is 25.2. The number of hydrogen-bond acceptors (Lipinski definition) is 25. The number of carbonyl (C=O) groups excluding carboxylic acids is 5. The lowest BCUT2D eigenvalue weighted by atomic mass is 10.0. The topological polar surface area (TPSA) is 362 Å². The fraction of sp³-hybridized carbons (Fsp3) is 0.250. The Morgan fingerprint density at radius 3 is 1.37 bits per heavy atom. The first kappa shape index (κ1) is 98.0. The number of likely N-dealkylation sites (N-methyl/N-ethyl adjacent to an activating group) is 4. The maximum Gasteiger partial charge on any atom is 0.259 e. The van der Waals surface area contributed by atoms with Crippen LogP contribution < -0.4 is 71.4 Å². The summed E-state index contributed by atoms with van der Waals surface area (Å²) in [5, 5.41) is 42.0. The quantitative estimate of drug-likeness (QED) is 0.0171. The third kappa shape index (κ3) is 22.7. The SMILES string of the molecule is C=CC(=O)Nc1cc(Nc2ncc(C#N)c(-c3cn(C4CC4)c4ccccc34)n2)c(OC)cc1N1C[C@H]2CN(C)C[C@H]2C1.C=CC(=O)Nc1cc(Nc2ncc(C(=O)NCc3ccccc3)c(-c3cn(C)c4ccccc34)n2)c(OC)cc1N(C)CCN(C)C.C=CC(=O)Nc1cc(Nc2ncc(C(=O)Nc3cnn(Cc4ccccc4)c3)c(-c3cn(C)c4ccccc34)n2)c(OC)cc1N(C)CCN(C)C. The van der Waals surface area contributed by atoms with E-state index < -0.39 is 0 Å². The molecule has 1 saturated carbocycles. The lowest BCUT2D eigenvalue weighted by Crippen LogP contribution is -2.29. The molecule has 7 aromatic heterocycles. The molecule has 8 aromatic carbocycles. The second-order valence-electron chi connectivity index (χ2n) is 35.8. The van der Waals surface area contributed by atoms with E-state index in [1.165, 1.54) is 30.6 Å². The van der Waals surface area contributed by atoms with Gasteiger partial charge < -0.3 is 99.8 Å². The van der Waals surface area contributed by atoms with E-state index in [1.807, 2.05) is 233 Å². The highest BCUT2D eigenvalue weighted by atomic mass is 16.5. The van der Waals surface area contributed by atoms with E-state index in [2.05, 4.69) is 138 Å². The van der Waals surface area contributed by atoms with Crippen molar-refractivity contribution in [2.24, 2.45) is 25.9 Å². The van der Waals surface area contributed by atoms with Crippen molar-refractivity contribution < 1.29 is 38.2 Å². The molecule has 34 heteroatoms. The number of nitriles is 1. The number of benzene rings is 8. The molecule has 0 radical (unpaired) electrons. The van der Waals surface area contributed by atoms with Crippen molar-refractivity contribution >= 4 is 137 Å². The molecule has 9 heterocycles. The van der Waals surface area contributed by atoms with Crippen LogP contribution in [0.25, 0.3) is 66.5 Å². The number of fused-ring (bicyclic) bond motifs is 4. The van der Waals surface area contributed by atoms with Gasteiger partial charge in [0.05, 0.1) is 131 Å². The normalized spacial score (nSPS) is 13.6. The van der Waals surface area contributed by atoms with E-state index in [0.717, 1.165) is 130 Å². The molecule has 2 saturated heterocycles. The van der Waals surface area contributed by atoms with Gasteiger partial charge in [0, 0.05) is 198 Å². The summed E-state index contributed by atoms with van der Waals surface area (Å²) < 4.78 is 25.5. The summed E-state index contributed by atoms with van der Waals surface area (Å²) in [6.45, 7) is 18.8. The Hall–Kier alpha value is -17.0. The van der Waals surface area contributed by atoms with E-state index in [0.29, 0.717) is 135 Å². The number of anilines is 13. The first-order valence-corrected chi connectivity index (χ1v) is 46.6. The van der Waals surface area contributed by atoms with Gasteiger partial charge in [0.25, 0.3) is 11.8 Å². The van der Waals surface area contributed by atoms with Crippen LogP contribution in [-0.4, -0.2) is 221 Å². The van der Waals surface area contributed by atoms with Gasteiger partial charge in [-0.05, 0) is 126 Å². The molecular formula is C108H116N26O8. The van der Waals surface area contributed by atoms with Crippen molar-refractivity contribution in [1.82, 2.24) is 73.4 Å². The predicted octanol–water partition coefficient (Wildman–Crippen LogP) is 16.6. The van der Waals surface area contributed by atoms with Gasteiger partial charge >= 0.3 is 0 Å². The molecule has 8 N–H and O–H groups in total. The summed E-state index contributed by atoms with van der Waals surface area (Å²) >= 11 is 0. The highest BCUT2D eigenvalue weighted by Gasteiger charge is 2.40. The van der Waals surface area contributed by atoms with Gasteiger partial charge in [0.15, 0.2) is 0 Å². The number of nitrogens with one attached hydrogen (secondary N) is 8. The molecular weight excluding hydrogens is 1790 g/mol. The van der Waals surface area contributed by atoms with Crippen LogP contribution in [0.3, 0.4) is 0 Å². The smallest absolute Gasteiger partial charge is 0.259 e. The van der Waals surface area contributed by atoms with Gasteiger partial charge in [0.1, 0.15) is 23.3 Å². The van der Waals surface area contributed by atoms with Crippen LogP contribution in [0.15, 0.2) is 257 Å². The predicted molar refractivity (Wildman–Crippen MR) is 563 cm³/mol. The minimum atomic E-state index is -0.383. The maximum atomic E-state index is 13.9. The van der Waals surface area contributed by atoms with E-state index >= 15 is 0 Å². The largest absolute Gasteiger partial charge is 0.494 e. The maximum absolute atomic E-state index is 13.9. The summed E-state index contributed by atoms with van der Waals surface area (Å²) in [7, 11) is 22.8. The van der Waals surface area contributed by atoms with Crippen molar-refractivity contribution in [3.63, 3.8) is 0 Å². The van der Waals surface area contributed by atoms with E-state index in [1.54, 1.807) is 56.7 Å². The van der Waals surface area contributed by atoms with E-state index in [9.17, 15) is 29.2 Å². The average molecular weight is 1910 g/mol. The summed E-state index contributed by atoms with van der Waals surface area (Å²) in [6, 6.07) is 57.6. The highest BCUT2D eigenvalue weighted by molar-refractivity contribution is 6.11. The molecule has 2 aliphatic heterocycles. The van der Waals surface area contributed by atoms with Crippen LogP contribution in [-0.2, 0) is 41.6 Å². The van der Waals surface area contributed by atoms with Gasteiger partial charge in [-0.3, -0.25) is 28.7 Å². The Morgan fingerprint density at radius 2 is 0.894 bits per heavy atom. The standard InChI is InChI=1S/C39H42N10O3.C36H40N8O3.C33H34N8O2/c1-7-36(50)43-31-19-32(35(52-6)20-34(31)47(4)18-17-46(2)3)44-39-40-22-29(37(45-39)30-25-48(5)33-16-12-11-15-28(30)33)38(51)42-27-21-41-49(24-27)23-26-13-9-8-10-14-26;1-7-33(45)39-28-19-29(32(47-6)20-31(28)43(4)18-17-42(2)3)40-36-38-22-26(35(46)37-21-24-13-9-8-10-14-24)34(41-36)27-23-44(5)30-16-12-11-15-25(27)30;1-4-31(42)36-26-11-27(30(43-3)12-29(26)40-17-21-15-39(2)16-22(21)18-40)37-33-35-14-20(13-34)32(38-33)25-19-41(23-9-10-23)28-8-6-5-7-24(25)28/h7-16,19-22,24-25H,1,17-18,23H2,2-6H3,(H,42,51)(H,43,50)(H,40,44,45);7-16,19-20,22-23H,1,17-18,21H2,2-6H3,(H,37,46)(H,39,45)(H,38,40,41);4-8,11-12,14,19,21-23H,1,9-10,15-18H2,2-3H3,(H,36,42)(H,35,37,38)/t;;21-,22+. The zero-order chi connectivity index (χ0) is 99.9. The van der Waals surface area contributed by atoms with Crippen LogP contribution in [0.2, 0.25) is 0 Å². The third-order valence-corrected chi connectivity index (χ3v) is 25.2. The number of methoxy groups -OCH3 is 3. The fourth-order valence-corrected chi connectivity index (χ4v) is 17.8. The molecule has 15 aromatic rings. The van der Waals surface area contributed by atoms with Crippen LogP contribution in [0, 0.1) is 23.2 Å². The molecule has 1 aliphatic carbocycles. The van der Waals surface area contributed by atoms with Crippen molar-refractivity contribution in [2.75, 3.05) is 175 Å². The number of rotatable bonds is 35. The van der Waals surface area contributed by atoms with Crippen LogP contribution in [0.5, 0.6) is 17.2 Å². The fourth-order valence-electron chi connectivity index (χ4n) is 17.8. The number of para-hydroxylation sites is 3. The number of hydrogen-bond donors (Lipinski definition) is 8. The second kappa shape index (κ2) is 44.2.